The van der Waals surface area contributed by atoms with Gasteiger partial charge in [0.25, 0.3) is 0 Å². The minimum Gasteiger partial charge on any atom is -0.207 e. The summed E-state index contributed by atoms with van der Waals surface area (Å²) in [7, 11) is -0.343. The van der Waals surface area contributed by atoms with E-state index < -0.39 is 0 Å². The van der Waals surface area contributed by atoms with Crippen LogP contribution in [-0.2, 0) is 6.42 Å². The highest BCUT2D eigenvalue weighted by Crippen LogP contribution is 2.30. The standard InChI is InChI=1S/C24H29FSi/c1-2-17-26-18-15-23(16-19-26)10-9-21-5-3-20(4-6-21)7-8-22-11-13-24(25)14-12-22/h3-6,11-14,23,26H,2,9-10,15-19H2,1H3/t23-,26-. The largest absolute Gasteiger partial charge is 0.207 e. The van der Waals surface area contributed by atoms with Crippen molar-refractivity contribution in [1.82, 2.24) is 0 Å². The molecular weight excluding hydrogens is 335 g/mol. The van der Waals surface area contributed by atoms with Crippen molar-refractivity contribution >= 4 is 8.80 Å². The summed E-state index contributed by atoms with van der Waals surface area (Å²) in [6.07, 6.45) is 6.90. The van der Waals surface area contributed by atoms with E-state index in [4.69, 9.17) is 0 Å². The molecule has 0 aliphatic carbocycles. The predicted molar refractivity (Wildman–Crippen MR) is 112 cm³/mol. The third-order valence-corrected chi connectivity index (χ3v) is 9.35. The Kier molecular flexibility index (Phi) is 7.09. The van der Waals surface area contributed by atoms with Crippen LogP contribution in [-0.4, -0.2) is 8.80 Å². The fraction of sp³-hybridized carbons (Fsp3) is 0.417. The number of aryl methyl sites for hydroxylation is 1. The monoisotopic (exact) mass is 364 g/mol. The van der Waals surface area contributed by atoms with Crippen LogP contribution in [0.3, 0.4) is 0 Å². The van der Waals surface area contributed by atoms with Crippen LogP contribution in [0, 0.1) is 23.6 Å². The minimum absolute atomic E-state index is 0.221. The highest BCUT2D eigenvalue weighted by Gasteiger charge is 2.21. The van der Waals surface area contributed by atoms with Crippen molar-refractivity contribution in [3.05, 3.63) is 71.0 Å². The fourth-order valence-corrected chi connectivity index (χ4v) is 7.59. The molecule has 0 unspecified atom stereocenters. The van der Waals surface area contributed by atoms with Gasteiger partial charge in [0.05, 0.1) is 0 Å². The lowest BCUT2D eigenvalue weighted by Gasteiger charge is -2.27. The van der Waals surface area contributed by atoms with E-state index in [-0.39, 0.29) is 14.6 Å². The van der Waals surface area contributed by atoms with E-state index in [1.54, 1.807) is 30.3 Å². The average Bonchev–Trinajstić information content (AvgIpc) is 2.68. The van der Waals surface area contributed by atoms with Crippen molar-refractivity contribution in [2.45, 2.75) is 57.2 Å². The summed E-state index contributed by atoms with van der Waals surface area (Å²) in [5.41, 5.74) is 3.28. The lowest BCUT2D eigenvalue weighted by Crippen LogP contribution is -2.21. The second-order valence-electron chi connectivity index (χ2n) is 7.67. The van der Waals surface area contributed by atoms with Crippen molar-refractivity contribution < 1.29 is 4.39 Å². The van der Waals surface area contributed by atoms with Crippen LogP contribution in [0.1, 0.15) is 49.3 Å². The van der Waals surface area contributed by atoms with Crippen LogP contribution in [0.2, 0.25) is 18.1 Å². The van der Waals surface area contributed by atoms with Crippen LogP contribution in [0.5, 0.6) is 0 Å². The van der Waals surface area contributed by atoms with Crippen LogP contribution in [0.4, 0.5) is 4.39 Å². The first-order valence-corrected chi connectivity index (χ1v) is 12.5. The first-order chi connectivity index (χ1) is 12.7. The van der Waals surface area contributed by atoms with Gasteiger partial charge in [-0.1, -0.05) is 68.3 Å². The third kappa shape index (κ3) is 5.85. The summed E-state index contributed by atoms with van der Waals surface area (Å²) in [6, 6.07) is 19.7. The Morgan fingerprint density at radius 3 is 2.08 bits per heavy atom. The third-order valence-electron chi connectivity index (χ3n) is 5.65. The quantitative estimate of drug-likeness (QED) is 0.437. The Morgan fingerprint density at radius 1 is 0.923 bits per heavy atom. The van der Waals surface area contributed by atoms with Gasteiger partial charge in [-0.3, -0.25) is 0 Å². The Balaban J connectivity index is 1.47. The van der Waals surface area contributed by atoms with E-state index in [1.165, 1.54) is 49.8 Å². The van der Waals surface area contributed by atoms with E-state index in [0.717, 1.165) is 17.0 Å². The van der Waals surface area contributed by atoms with E-state index >= 15 is 0 Å². The zero-order valence-electron chi connectivity index (χ0n) is 15.8. The molecule has 136 valence electrons. The smallest absolute Gasteiger partial charge is 0.123 e. The van der Waals surface area contributed by atoms with Gasteiger partial charge >= 0.3 is 0 Å². The van der Waals surface area contributed by atoms with Gasteiger partial charge in [0.2, 0.25) is 0 Å². The van der Waals surface area contributed by atoms with Gasteiger partial charge in [-0.25, -0.2) is 4.39 Å². The number of halogens is 1. The molecular formula is C24H29FSi. The summed E-state index contributed by atoms with van der Waals surface area (Å²) in [5, 5.41) is 0. The van der Waals surface area contributed by atoms with Gasteiger partial charge in [-0.2, -0.15) is 0 Å². The minimum atomic E-state index is -0.343. The van der Waals surface area contributed by atoms with Crippen LogP contribution >= 0.6 is 0 Å². The maximum atomic E-state index is 12.9. The van der Waals surface area contributed by atoms with Crippen molar-refractivity contribution in [1.29, 1.82) is 0 Å². The highest BCUT2D eigenvalue weighted by atomic mass is 28.3. The van der Waals surface area contributed by atoms with Gasteiger partial charge in [-0.05, 0) is 60.7 Å². The maximum absolute atomic E-state index is 12.9. The summed E-state index contributed by atoms with van der Waals surface area (Å²) < 4.78 is 12.9. The Labute approximate surface area is 159 Å². The van der Waals surface area contributed by atoms with Gasteiger partial charge in [-0.15, -0.1) is 0 Å². The van der Waals surface area contributed by atoms with E-state index in [1.807, 2.05) is 0 Å². The molecule has 2 heteroatoms. The molecule has 0 atom stereocenters. The summed E-state index contributed by atoms with van der Waals surface area (Å²) in [5.74, 6) is 6.99. The fourth-order valence-electron chi connectivity index (χ4n) is 4.02. The van der Waals surface area contributed by atoms with Gasteiger partial charge < -0.3 is 0 Å². The number of rotatable bonds is 5. The molecule has 0 spiro atoms. The number of benzene rings is 2. The second kappa shape index (κ2) is 9.74. The van der Waals surface area contributed by atoms with Crippen LogP contribution < -0.4 is 0 Å². The summed E-state index contributed by atoms with van der Waals surface area (Å²) >= 11 is 0. The molecule has 3 rings (SSSR count). The lowest BCUT2D eigenvalue weighted by atomic mass is 9.94. The Morgan fingerprint density at radius 2 is 1.50 bits per heavy atom. The molecule has 26 heavy (non-hydrogen) atoms. The normalized spacial score (nSPS) is 19.6. The molecule has 0 aromatic heterocycles. The van der Waals surface area contributed by atoms with E-state index in [2.05, 4.69) is 43.0 Å². The molecule has 1 aliphatic heterocycles. The lowest BCUT2D eigenvalue weighted by molar-refractivity contribution is 0.437. The molecule has 0 nitrogen and oxygen atoms in total. The number of hydrogen-bond acceptors (Lipinski definition) is 0. The molecule has 0 amide bonds. The molecule has 0 N–H and O–H groups in total. The molecule has 0 radical (unpaired) electrons. The predicted octanol–water partition coefficient (Wildman–Crippen LogP) is 6.21. The first-order valence-electron chi connectivity index (χ1n) is 10.1. The molecule has 1 saturated heterocycles. The highest BCUT2D eigenvalue weighted by molar-refractivity contribution is 6.58. The molecule has 0 saturated carbocycles. The Bertz CT molecular complexity index is 729. The summed E-state index contributed by atoms with van der Waals surface area (Å²) in [6.45, 7) is 2.34. The zero-order valence-corrected chi connectivity index (χ0v) is 17.0. The van der Waals surface area contributed by atoms with Gasteiger partial charge in [0.1, 0.15) is 5.82 Å². The van der Waals surface area contributed by atoms with Crippen molar-refractivity contribution in [3.8, 4) is 11.8 Å². The maximum Gasteiger partial charge on any atom is 0.123 e. The van der Waals surface area contributed by atoms with Gasteiger partial charge in [0, 0.05) is 19.9 Å². The molecule has 2 aromatic carbocycles. The van der Waals surface area contributed by atoms with Gasteiger partial charge in [0.15, 0.2) is 0 Å². The first kappa shape index (κ1) is 18.9. The van der Waals surface area contributed by atoms with Crippen molar-refractivity contribution in [3.63, 3.8) is 0 Å². The van der Waals surface area contributed by atoms with E-state index in [0.29, 0.717) is 0 Å². The molecule has 1 aliphatic rings. The molecule has 2 aromatic rings. The van der Waals surface area contributed by atoms with Crippen LogP contribution in [0.25, 0.3) is 0 Å². The average molecular weight is 365 g/mol. The second-order valence-corrected chi connectivity index (χ2v) is 11.1. The molecule has 1 heterocycles. The van der Waals surface area contributed by atoms with Crippen molar-refractivity contribution in [2.24, 2.45) is 5.92 Å². The van der Waals surface area contributed by atoms with Crippen LogP contribution in [0.15, 0.2) is 48.5 Å². The SMILES string of the molecule is CCC[Si@H]1CC[C@H](CCc2ccc(C#Cc3ccc(F)cc3)cc2)CC1. The zero-order chi connectivity index (χ0) is 18.2. The Hall–Kier alpha value is -1.85. The topological polar surface area (TPSA) is 0 Å². The molecule has 0 bridgehead atoms. The summed E-state index contributed by atoms with van der Waals surface area (Å²) in [4.78, 5) is 0. The van der Waals surface area contributed by atoms with Crippen molar-refractivity contribution in [2.75, 3.05) is 0 Å². The number of hydrogen-bond donors (Lipinski definition) is 0. The van der Waals surface area contributed by atoms with E-state index in [9.17, 15) is 4.39 Å². The molecule has 1 fully saturated rings.